The van der Waals surface area contributed by atoms with E-state index in [0.29, 0.717) is 6.42 Å². The fraction of sp³-hybridized carbons (Fsp3) is 0.600. The van der Waals surface area contributed by atoms with Gasteiger partial charge in [-0.15, -0.1) is 0 Å². The summed E-state index contributed by atoms with van der Waals surface area (Å²) < 4.78 is 14.1. The topological polar surface area (TPSA) is 23.5 Å². The first-order chi connectivity index (χ1) is 9.00. The molecule has 0 atom stereocenters. The summed E-state index contributed by atoms with van der Waals surface area (Å²) in [5.41, 5.74) is 0.176. The van der Waals surface area contributed by atoms with Crippen LogP contribution < -0.4 is 0 Å². The molecule has 2 nitrogen and oxygen atoms in total. The van der Waals surface area contributed by atoms with Gasteiger partial charge in [-0.2, -0.15) is 0 Å². The van der Waals surface area contributed by atoms with Crippen molar-refractivity contribution in [2.24, 2.45) is 0 Å². The van der Waals surface area contributed by atoms with E-state index in [9.17, 15) is 9.50 Å². The van der Waals surface area contributed by atoms with E-state index in [4.69, 9.17) is 0 Å². The van der Waals surface area contributed by atoms with E-state index in [1.807, 2.05) is 6.07 Å². The van der Waals surface area contributed by atoms with Gasteiger partial charge in [0.2, 0.25) is 0 Å². The first kappa shape index (κ1) is 14.9. The predicted molar refractivity (Wildman–Crippen MR) is 78.7 cm³/mol. The number of piperidine rings is 1. The third-order valence-corrected chi connectivity index (χ3v) is 4.24. The molecule has 2 rings (SSSR count). The van der Waals surface area contributed by atoms with Gasteiger partial charge in [0.15, 0.2) is 0 Å². The van der Waals surface area contributed by atoms with Crippen LogP contribution >= 0.6 is 15.9 Å². The van der Waals surface area contributed by atoms with Crippen molar-refractivity contribution in [1.82, 2.24) is 4.90 Å². The quantitative estimate of drug-likeness (QED) is 0.915. The Morgan fingerprint density at radius 3 is 2.58 bits per heavy atom. The molecule has 106 valence electrons. The van der Waals surface area contributed by atoms with Crippen LogP contribution in [0.15, 0.2) is 22.7 Å². The van der Waals surface area contributed by atoms with Crippen molar-refractivity contribution in [2.45, 2.75) is 38.2 Å². The monoisotopic (exact) mass is 329 g/mol. The molecule has 1 aromatic carbocycles. The van der Waals surface area contributed by atoms with Gasteiger partial charge >= 0.3 is 0 Å². The highest BCUT2D eigenvalue weighted by atomic mass is 79.9. The number of benzene rings is 1. The Balaban J connectivity index is 1.98. The maximum atomic E-state index is 13.3. The van der Waals surface area contributed by atoms with Gasteiger partial charge in [-0.3, -0.25) is 0 Å². The Bertz CT molecular complexity index is 410. The van der Waals surface area contributed by atoms with Crippen LogP contribution in [-0.4, -0.2) is 35.2 Å². The predicted octanol–water partition coefficient (Wildman–Crippen LogP) is 3.37. The Labute approximate surface area is 122 Å². The van der Waals surface area contributed by atoms with Gasteiger partial charge in [-0.1, -0.05) is 22.9 Å². The number of hydrogen-bond acceptors (Lipinski definition) is 2. The van der Waals surface area contributed by atoms with Crippen LogP contribution in [0.3, 0.4) is 0 Å². The average Bonchev–Trinajstić information content (AvgIpc) is 2.31. The van der Waals surface area contributed by atoms with Crippen molar-refractivity contribution in [3.05, 3.63) is 34.1 Å². The molecule has 0 bridgehead atoms. The molecule has 1 aliphatic heterocycles. The normalized spacial score (nSPS) is 19.6. The van der Waals surface area contributed by atoms with Crippen molar-refractivity contribution < 1.29 is 9.50 Å². The number of likely N-dealkylation sites (tertiary alicyclic amines) is 1. The Hall–Kier alpha value is -0.450. The van der Waals surface area contributed by atoms with Gasteiger partial charge in [0.1, 0.15) is 5.82 Å². The third-order valence-electron chi connectivity index (χ3n) is 3.78. The molecule has 0 aliphatic carbocycles. The highest BCUT2D eigenvalue weighted by molar-refractivity contribution is 9.10. The van der Waals surface area contributed by atoms with E-state index in [2.05, 4.69) is 27.8 Å². The molecule has 4 heteroatoms. The zero-order valence-corrected chi connectivity index (χ0v) is 12.9. The molecule has 0 amide bonds. The lowest BCUT2D eigenvalue weighted by molar-refractivity contribution is -0.0205. The summed E-state index contributed by atoms with van der Waals surface area (Å²) in [6.07, 6.45) is 3.21. The maximum absolute atomic E-state index is 13.3. The first-order valence-corrected chi connectivity index (χ1v) is 7.70. The van der Waals surface area contributed by atoms with E-state index in [-0.39, 0.29) is 5.82 Å². The summed E-state index contributed by atoms with van der Waals surface area (Å²) in [5.74, 6) is -0.253. The number of rotatable bonds is 4. The summed E-state index contributed by atoms with van der Waals surface area (Å²) in [6, 6.07) is 4.85. The van der Waals surface area contributed by atoms with Crippen molar-refractivity contribution in [3.63, 3.8) is 0 Å². The summed E-state index contributed by atoms with van der Waals surface area (Å²) in [7, 11) is 0. The van der Waals surface area contributed by atoms with E-state index in [1.54, 1.807) is 0 Å². The van der Waals surface area contributed by atoms with Gasteiger partial charge < -0.3 is 10.0 Å². The lowest BCUT2D eigenvalue weighted by Crippen LogP contribution is -2.45. The second kappa shape index (κ2) is 6.33. The summed E-state index contributed by atoms with van der Waals surface area (Å²) in [6.45, 7) is 5.13. The highest BCUT2D eigenvalue weighted by Crippen LogP contribution is 2.28. The third kappa shape index (κ3) is 4.26. The van der Waals surface area contributed by atoms with Crippen molar-refractivity contribution in [2.75, 3.05) is 19.6 Å². The van der Waals surface area contributed by atoms with Crippen molar-refractivity contribution >= 4 is 15.9 Å². The fourth-order valence-electron chi connectivity index (χ4n) is 2.78. The van der Waals surface area contributed by atoms with E-state index < -0.39 is 5.60 Å². The summed E-state index contributed by atoms with van der Waals surface area (Å²) in [5, 5.41) is 10.6. The Kier molecular flexibility index (Phi) is 4.98. The van der Waals surface area contributed by atoms with Crippen LogP contribution in [0, 0.1) is 5.82 Å². The number of aliphatic hydroxyl groups is 1. The van der Waals surface area contributed by atoms with Gasteiger partial charge in [0.25, 0.3) is 0 Å². The van der Waals surface area contributed by atoms with E-state index in [0.717, 1.165) is 48.9 Å². The molecule has 0 saturated carbocycles. The molecular weight excluding hydrogens is 309 g/mol. The van der Waals surface area contributed by atoms with Gasteiger partial charge in [-0.25, -0.2) is 4.39 Å². The first-order valence-electron chi connectivity index (χ1n) is 6.90. The molecule has 0 spiro atoms. The van der Waals surface area contributed by atoms with Crippen molar-refractivity contribution in [3.8, 4) is 0 Å². The number of hydrogen-bond donors (Lipinski definition) is 1. The molecule has 1 N–H and O–H groups in total. The molecule has 1 saturated heterocycles. The fourth-order valence-corrected chi connectivity index (χ4v) is 3.29. The van der Waals surface area contributed by atoms with Gasteiger partial charge in [0.05, 0.1) is 5.60 Å². The molecule has 0 aromatic heterocycles. The Morgan fingerprint density at radius 2 is 2.00 bits per heavy atom. The second-order valence-corrected chi connectivity index (χ2v) is 6.44. The van der Waals surface area contributed by atoms with Crippen molar-refractivity contribution in [1.29, 1.82) is 0 Å². The molecule has 1 fully saturated rings. The van der Waals surface area contributed by atoms with Crippen LogP contribution in [0.1, 0.15) is 31.7 Å². The second-order valence-electron chi connectivity index (χ2n) is 5.52. The molecule has 19 heavy (non-hydrogen) atoms. The smallest absolute Gasteiger partial charge is 0.124 e. The molecule has 1 aromatic rings. The zero-order valence-electron chi connectivity index (χ0n) is 11.3. The summed E-state index contributed by atoms with van der Waals surface area (Å²) in [4.78, 5) is 2.38. The number of nitrogens with zero attached hydrogens (tertiary/aromatic N) is 1. The molecule has 0 radical (unpaired) electrons. The molecule has 1 heterocycles. The highest BCUT2D eigenvalue weighted by Gasteiger charge is 2.32. The molecule has 0 unspecified atom stereocenters. The minimum Gasteiger partial charge on any atom is -0.389 e. The average molecular weight is 330 g/mol. The van der Waals surface area contributed by atoms with Gasteiger partial charge in [-0.05, 0) is 49.6 Å². The standard InChI is InChI=1S/C15H21BrFNO/c1-2-5-18-6-3-15(19,4-7-18)11-12-8-13(16)10-14(17)9-12/h8-10,19H,2-7,11H2,1H3. The van der Waals surface area contributed by atoms with Crippen LogP contribution in [0.4, 0.5) is 4.39 Å². The van der Waals surface area contributed by atoms with Crippen LogP contribution in [0.2, 0.25) is 0 Å². The lowest BCUT2D eigenvalue weighted by Gasteiger charge is -2.38. The van der Waals surface area contributed by atoms with E-state index in [1.165, 1.54) is 12.1 Å². The largest absolute Gasteiger partial charge is 0.389 e. The minimum atomic E-state index is -0.683. The number of halogens is 2. The van der Waals surface area contributed by atoms with Gasteiger partial charge in [0, 0.05) is 24.0 Å². The van der Waals surface area contributed by atoms with Crippen LogP contribution in [-0.2, 0) is 6.42 Å². The SMILES string of the molecule is CCCN1CCC(O)(Cc2cc(F)cc(Br)c2)CC1. The zero-order chi connectivity index (χ0) is 13.9. The Morgan fingerprint density at radius 1 is 1.32 bits per heavy atom. The van der Waals surface area contributed by atoms with E-state index >= 15 is 0 Å². The molecular formula is C15H21BrFNO. The van der Waals surface area contributed by atoms with Crippen LogP contribution in [0.5, 0.6) is 0 Å². The lowest BCUT2D eigenvalue weighted by atomic mass is 9.85. The van der Waals surface area contributed by atoms with Crippen LogP contribution in [0.25, 0.3) is 0 Å². The minimum absolute atomic E-state index is 0.253. The maximum Gasteiger partial charge on any atom is 0.124 e. The summed E-state index contributed by atoms with van der Waals surface area (Å²) >= 11 is 3.30. The molecule has 1 aliphatic rings.